The van der Waals surface area contributed by atoms with Crippen LogP contribution in [0, 0.1) is 0 Å². The van der Waals surface area contributed by atoms with Crippen LogP contribution in [0.25, 0.3) is 11.3 Å². The summed E-state index contributed by atoms with van der Waals surface area (Å²) in [5.74, 6) is 1.06. The maximum atomic E-state index is 12.6. The Hall–Kier alpha value is -3.09. The summed E-state index contributed by atoms with van der Waals surface area (Å²) in [7, 11) is 3.13. The zero-order chi connectivity index (χ0) is 25.5. The molecule has 7 heteroatoms. The molecule has 0 aliphatic heterocycles. The van der Waals surface area contributed by atoms with Gasteiger partial charge >= 0.3 is 12.0 Å². The standard InChI is InChI=1S/C28H41N3O4/c1-5-7-9-10-11-19-29-28(33)31(3)26-14-12-13-24(30-26)23-17-15-22(16-18-27(32)34-4)21-25(23)35-20-8-6-2/h12-15,17,21H,5-11,16,18-20H2,1-4H3,(H,29,33). The quantitative estimate of drug-likeness (QED) is 0.243. The molecule has 2 amide bonds. The van der Waals surface area contributed by atoms with Crippen molar-refractivity contribution in [2.45, 2.75) is 71.6 Å². The highest BCUT2D eigenvalue weighted by atomic mass is 16.5. The van der Waals surface area contributed by atoms with Gasteiger partial charge in [-0.05, 0) is 49.1 Å². The maximum Gasteiger partial charge on any atom is 0.322 e. The smallest absolute Gasteiger partial charge is 0.322 e. The summed E-state index contributed by atoms with van der Waals surface area (Å²) in [6.45, 7) is 5.57. The first-order valence-corrected chi connectivity index (χ1v) is 12.8. The Bertz CT molecular complexity index is 932. The molecule has 7 nitrogen and oxygen atoms in total. The molecule has 2 aromatic rings. The number of ether oxygens (including phenoxy) is 2. The number of hydrogen-bond acceptors (Lipinski definition) is 5. The molecule has 192 valence electrons. The van der Waals surface area contributed by atoms with Gasteiger partial charge in [0.25, 0.3) is 0 Å². The largest absolute Gasteiger partial charge is 0.493 e. The van der Waals surface area contributed by atoms with Crippen molar-refractivity contribution in [2.75, 3.05) is 32.2 Å². The number of pyridine rings is 1. The number of rotatable bonds is 15. The van der Waals surface area contributed by atoms with Crippen LogP contribution in [0.4, 0.5) is 10.6 Å². The highest BCUT2D eigenvalue weighted by Gasteiger charge is 2.15. The molecule has 1 heterocycles. The molecule has 1 aromatic carbocycles. The van der Waals surface area contributed by atoms with Crippen molar-refractivity contribution in [3.63, 3.8) is 0 Å². The Labute approximate surface area is 210 Å². The minimum absolute atomic E-state index is 0.164. The fraction of sp³-hybridized carbons (Fsp3) is 0.536. The summed E-state index contributed by atoms with van der Waals surface area (Å²) in [5, 5.41) is 2.98. The van der Waals surface area contributed by atoms with Gasteiger partial charge in [-0.2, -0.15) is 0 Å². The average molecular weight is 484 g/mol. The Morgan fingerprint density at radius 3 is 2.51 bits per heavy atom. The van der Waals surface area contributed by atoms with Crippen molar-refractivity contribution < 1.29 is 19.1 Å². The maximum absolute atomic E-state index is 12.6. The molecule has 0 spiro atoms. The number of esters is 1. The molecular weight excluding hydrogens is 442 g/mol. The predicted octanol–water partition coefficient (Wildman–Crippen LogP) is 6.15. The van der Waals surface area contributed by atoms with Gasteiger partial charge in [-0.1, -0.05) is 58.1 Å². The van der Waals surface area contributed by atoms with E-state index in [1.54, 1.807) is 7.05 Å². The van der Waals surface area contributed by atoms with Gasteiger partial charge in [-0.3, -0.25) is 9.69 Å². The summed E-state index contributed by atoms with van der Waals surface area (Å²) in [4.78, 5) is 30.5. The van der Waals surface area contributed by atoms with Gasteiger partial charge in [-0.15, -0.1) is 0 Å². The third-order valence-corrected chi connectivity index (χ3v) is 5.86. The molecule has 1 N–H and O–H groups in total. The molecule has 0 bridgehead atoms. The number of nitrogens with zero attached hydrogens (tertiary/aromatic N) is 2. The number of amides is 2. The highest BCUT2D eigenvalue weighted by Crippen LogP contribution is 2.31. The Morgan fingerprint density at radius 2 is 1.77 bits per heavy atom. The number of benzene rings is 1. The van der Waals surface area contributed by atoms with Crippen LogP contribution in [0.2, 0.25) is 0 Å². The van der Waals surface area contributed by atoms with E-state index < -0.39 is 0 Å². The fourth-order valence-electron chi connectivity index (χ4n) is 3.63. The molecule has 0 radical (unpaired) electrons. The third kappa shape index (κ3) is 9.59. The summed E-state index contributed by atoms with van der Waals surface area (Å²) in [5.41, 5.74) is 2.58. The van der Waals surface area contributed by atoms with Crippen molar-refractivity contribution in [2.24, 2.45) is 0 Å². The van der Waals surface area contributed by atoms with Crippen LogP contribution in [-0.4, -0.2) is 44.3 Å². The first-order chi connectivity index (χ1) is 17.0. The molecule has 0 fully saturated rings. The number of hydrogen-bond donors (Lipinski definition) is 1. The van der Waals surface area contributed by atoms with Crippen molar-refractivity contribution in [3.05, 3.63) is 42.0 Å². The normalized spacial score (nSPS) is 10.6. The molecular formula is C28H41N3O4. The molecule has 2 rings (SSSR count). The van der Waals surface area contributed by atoms with Crippen molar-refractivity contribution in [1.29, 1.82) is 0 Å². The number of aromatic nitrogens is 1. The number of unbranched alkanes of at least 4 members (excludes halogenated alkanes) is 5. The Balaban J connectivity index is 2.14. The van der Waals surface area contributed by atoms with E-state index in [0.717, 1.165) is 48.3 Å². The predicted molar refractivity (Wildman–Crippen MR) is 141 cm³/mol. The Morgan fingerprint density at radius 1 is 1.00 bits per heavy atom. The van der Waals surface area contributed by atoms with Gasteiger partial charge in [-0.25, -0.2) is 9.78 Å². The molecule has 0 unspecified atom stereocenters. The topological polar surface area (TPSA) is 80.8 Å². The first kappa shape index (κ1) is 28.1. The number of aryl methyl sites for hydroxylation is 1. The lowest BCUT2D eigenvalue weighted by atomic mass is 10.0. The number of anilines is 1. The van der Waals surface area contributed by atoms with Crippen LogP contribution in [0.5, 0.6) is 5.75 Å². The zero-order valence-corrected chi connectivity index (χ0v) is 21.8. The first-order valence-electron chi connectivity index (χ1n) is 12.8. The van der Waals surface area contributed by atoms with E-state index in [2.05, 4.69) is 19.2 Å². The second kappa shape index (κ2) is 15.7. The van der Waals surface area contributed by atoms with Crippen molar-refractivity contribution in [3.8, 4) is 17.0 Å². The van der Waals surface area contributed by atoms with Crippen molar-refractivity contribution in [1.82, 2.24) is 10.3 Å². The summed E-state index contributed by atoms with van der Waals surface area (Å²) in [6.07, 6.45) is 8.62. The van der Waals surface area contributed by atoms with E-state index in [0.29, 0.717) is 31.8 Å². The Kier molecular flexibility index (Phi) is 12.7. The molecule has 0 aliphatic rings. The zero-order valence-electron chi connectivity index (χ0n) is 21.8. The third-order valence-electron chi connectivity index (χ3n) is 5.86. The lowest BCUT2D eigenvalue weighted by molar-refractivity contribution is -0.140. The number of urea groups is 1. The van der Waals surface area contributed by atoms with Gasteiger partial charge in [0.1, 0.15) is 11.6 Å². The SMILES string of the molecule is CCCCCCCNC(=O)N(C)c1cccc(-c2ccc(CCC(=O)OC)cc2OCCCC)n1. The van der Waals surface area contributed by atoms with Gasteiger partial charge in [0.05, 0.1) is 19.4 Å². The molecule has 1 aromatic heterocycles. The monoisotopic (exact) mass is 483 g/mol. The van der Waals surface area contributed by atoms with Crippen LogP contribution in [0.3, 0.4) is 0 Å². The second-order valence-corrected chi connectivity index (χ2v) is 8.69. The number of carbonyl (C=O) groups excluding carboxylic acids is 2. The minimum Gasteiger partial charge on any atom is -0.493 e. The summed E-state index contributed by atoms with van der Waals surface area (Å²) >= 11 is 0. The molecule has 0 aliphatic carbocycles. The van der Waals surface area contributed by atoms with E-state index in [-0.39, 0.29) is 12.0 Å². The van der Waals surface area contributed by atoms with Gasteiger partial charge in [0.15, 0.2) is 0 Å². The van der Waals surface area contributed by atoms with Crippen LogP contribution < -0.4 is 15.0 Å². The summed E-state index contributed by atoms with van der Waals surface area (Å²) in [6, 6.07) is 11.4. The molecule has 35 heavy (non-hydrogen) atoms. The van der Waals surface area contributed by atoms with E-state index in [1.165, 1.54) is 31.3 Å². The van der Waals surface area contributed by atoms with E-state index in [4.69, 9.17) is 14.5 Å². The van der Waals surface area contributed by atoms with Crippen LogP contribution in [-0.2, 0) is 16.0 Å². The van der Waals surface area contributed by atoms with Crippen LogP contribution in [0.1, 0.15) is 70.8 Å². The van der Waals surface area contributed by atoms with Crippen LogP contribution >= 0.6 is 0 Å². The minimum atomic E-state index is -0.237. The fourth-order valence-corrected chi connectivity index (χ4v) is 3.63. The van der Waals surface area contributed by atoms with Crippen LogP contribution in [0.15, 0.2) is 36.4 Å². The van der Waals surface area contributed by atoms with Crippen molar-refractivity contribution >= 4 is 17.8 Å². The van der Waals surface area contributed by atoms with E-state index in [9.17, 15) is 9.59 Å². The molecule has 0 saturated carbocycles. The average Bonchev–Trinajstić information content (AvgIpc) is 2.89. The highest BCUT2D eigenvalue weighted by molar-refractivity contribution is 5.90. The lowest BCUT2D eigenvalue weighted by Gasteiger charge is -2.19. The van der Waals surface area contributed by atoms with E-state index in [1.807, 2.05) is 36.4 Å². The van der Waals surface area contributed by atoms with Gasteiger partial charge < -0.3 is 14.8 Å². The number of carbonyl (C=O) groups is 2. The number of nitrogens with one attached hydrogen (secondary N) is 1. The number of methoxy groups -OCH3 is 1. The van der Waals surface area contributed by atoms with Gasteiger partial charge in [0.2, 0.25) is 0 Å². The summed E-state index contributed by atoms with van der Waals surface area (Å²) < 4.78 is 10.9. The molecule has 0 saturated heterocycles. The lowest BCUT2D eigenvalue weighted by Crippen LogP contribution is -2.38. The molecule has 0 atom stereocenters. The second-order valence-electron chi connectivity index (χ2n) is 8.69. The van der Waals surface area contributed by atoms with Gasteiger partial charge in [0, 0.05) is 25.6 Å². The van der Waals surface area contributed by atoms with E-state index >= 15 is 0 Å².